The minimum Gasteiger partial charge on any atom is -0.256 e. The van der Waals surface area contributed by atoms with Crippen molar-refractivity contribution in [3.05, 3.63) is 63.7 Å². The van der Waals surface area contributed by atoms with E-state index in [4.69, 9.17) is 4.99 Å². The average Bonchev–Trinajstić information content (AvgIpc) is 2.56. The average molecular weight is 263 g/mol. The highest BCUT2D eigenvalue weighted by Gasteiger charge is 2.21. The fourth-order valence-corrected chi connectivity index (χ4v) is 3.09. The number of nitrogens with zero attached hydrogens (tertiary/aromatic N) is 1. The maximum absolute atomic E-state index is 4.71. The van der Waals surface area contributed by atoms with Crippen LogP contribution in [-0.4, -0.2) is 6.21 Å². The first-order chi connectivity index (χ1) is 9.60. The molecule has 1 heteroatoms. The summed E-state index contributed by atoms with van der Waals surface area (Å²) in [6, 6.07) is 11.2. The highest BCUT2D eigenvalue weighted by molar-refractivity contribution is 5.87. The van der Waals surface area contributed by atoms with Crippen molar-refractivity contribution in [2.45, 2.75) is 40.0 Å². The molecule has 1 heterocycles. The van der Waals surface area contributed by atoms with Crippen molar-refractivity contribution < 1.29 is 0 Å². The van der Waals surface area contributed by atoms with Crippen LogP contribution in [0.15, 0.2) is 35.3 Å². The minimum absolute atomic E-state index is 0.446. The number of hydrogen-bond acceptors (Lipinski definition) is 1. The molecule has 3 rings (SSSR count). The molecule has 0 saturated heterocycles. The number of hydrogen-bond donors (Lipinski definition) is 0. The third-order valence-corrected chi connectivity index (χ3v) is 4.38. The van der Waals surface area contributed by atoms with Crippen LogP contribution in [0.3, 0.4) is 0 Å². The summed E-state index contributed by atoms with van der Waals surface area (Å²) in [5.41, 5.74) is 9.20. The molecule has 20 heavy (non-hydrogen) atoms. The van der Waals surface area contributed by atoms with Gasteiger partial charge in [-0.2, -0.15) is 0 Å². The van der Waals surface area contributed by atoms with E-state index >= 15 is 0 Å². The monoisotopic (exact) mass is 263 g/mol. The summed E-state index contributed by atoms with van der Waals surface area (Å²) in [4.78, 5) is 4.71. The van der Waals surface area contributed by atoms with Crippen LogP contribution in [0.4, 0.5) is 5.69 Å². The number of benzene rings is 2. The van der Waals surface area contributed by atoms with Crippen molar-refractivity contribution in [2.75, 3.05) is 0 Å². The highest BCUT2D eigenvalue weighted by Crippen LogP contribution is 2.39. The van der Waals surface area contributed by atoms with E-state index in [1.165, 1.54) is 33.4 Å². The Labute approximate surface area is 121 Å². The van der Waals surface area contributed by atoms with Crippen molar-refractivity contribution in [1.82, 2.24) is 0 Å². The molecule has 0 bridgehead atoms. The topological polar surface area (TPSA) is 12.4 Å². The van der Waals surface area contributed by atoms with Gasteiger partial charge in [-0.1, -0.05) is 30.7 Å². The molecule has 1 unspecified atom stereocenters. The predicted molar refractivity (Wildman–Crippen MR) is 86.5 cm³/mol. The molecular formula is C19H21N. The van der Waals surface area contributed by atoms with Gasteiger partial charge < -0.3 is 0 Å². The quantitative estimate of drug-likeness (QED) is 0.669. The molecule has 0 N–H and O–H groups in total. The summed E-state index contributed by atoms with van der Waals surface area (Å²) in [5.74, 6) is 0.446. The number of aliphatic imine (C=N–C) groups is 1. The van der Waals surface area contributed by atoms with Crippen LogP contribution in [0, 0.1) is 20.8 Å². The second kappa shape index (κ2) is 4.90. The van der Waals surface area contributed by atoms with E-state index in [0.717, 1.165) is 12.1 Å². The molecule has 1 atom stereocenters. The molecule has 0 amide bonds. The molecule has 0 aromatic heterocycles. The lowest BCUT2D eigenvalue weighted by Gasteiger charge is -2.19. The molecule has 1 aliphatic heterocycles. The van der Waals surface area contributed by atoms with Gasteiger partial charge in [-0.25, -0.2) is 0 Å². The molecule has 0 saturated carbocycles. The SMILES string of the molecule is CCC1c2cc(C)c(C)cc2C=Nc2ccc(C)cc21. The Bertz CT molecular complexity index is 695. The van der Waals surface area contributed by atoms with Gasteiger partial charge in [0.25, 0.3) is 0 Å². The van der Waals surface area contributed by atoms with Gasteiger partial charge in [0.2, 0.25) is 0 Å². The van der Waals surface area contributed by atoms with Crippen LogP contribution in [0.5, 0.6) is 0 Å². The Morgan fingerprint density at radius 3 is 2.45 bits per heavy atom. The van der Waals surface area contributed by atoms with Gasteiger partial charge in [-0.3, -0.25) is 4.99 Å². The number of fused-ring (bicyclic) bond motifs is 2. The van der Waals surface area contributed by atoms with Crippen molar-refractivity contribution in [3.63, 3.8) is 0 Å². The second-order valence-corrected chi connectivity index (χ2v) is 5.85. The fraction of sp³-hybridized carbons (Fsp3) is 0.316. The van der Waals surface area contributed by atoms with E-state index < -0.39 is 0 Å². The Hall–Kier alpha value is -1.89. The molecular weight excluding hydrogens is 242 g/mol. The molecule has 0 radical (unpaired) electrons. The molecule has 0 aliphatic carbocycles. The zero-order chi connectivity index (χ0) is 14.3. The summed E-state index contributed by atoms with van der Waals surface area (Å²) < 4.78 is 0. The van der Waals surface area contributed by atoms with Gasteiger partial charge in [0.1, 0.15) is 0 Å². The largest absolute Gasteiger partial charge is 0.256 e. The van der Waals surface area contributed by atoms with Gasteiger partial charge in [0, 0.05) is 12.1 Å². The third kappa shape index (κ3) is 2.07. The van der Waals surface area contributed by atoms with Crippen LogP contribution in [0.25, 0.3) is 0 Å². The zero-order valence-electron chi connectivity index (χ0n) is 12.7. The number of aryl methyl sites for hydroxylation is 3. The zero-order valence-corrected chi connectivity index (χ0v) is 12.7. The minimum atomic E-state index is 0.446. The normalized spacial score (nSPS) is 16.5. The highest BCUT2D eigenvalue weighted by atomic mass is 14.7. The van der Waals surface area contributed by atoms with Crippen molar-refractivity contribution >= 4 is 11.9 Å². The maximum atomic E-state index is 4.71. The van der Waals surface area contributed by atoms with Gasteiger partial charge in [-0.15, -0.1) is 0 Å². The van der Waals surface area contributed by atoms with Gasteiger partial charge >= 0.3 is 0 Å². The van der Waals surface area contributed by atoms with E-state index in [1.54, 1.807) is 0 Å². The molecule has 2 aromatic carbocycles. The van der Waals surface area contributed by atoms with E-state index in [1.807, 2.05) is 6.21 Å². The molecule has 2 aromatic rings. The lowest BCUT2D eigenvalue weighted by Crippen LogP contribution is -2.04. The molecule has 1 nitrogen and oxygen atoms in total. The van der Waals surface area contributed by atoms with Crippen LogP contribution >= 0.6 is 0 Å². The van der Waals surface area contributed by atoms with Crippen LogP contribution < -0.4 is 0 Å². The molecule has 0 spiro atoms. The van der Waals surface area contributed by atoms with E-state index in [9.17, 15) is 0 Å². The van der Waals surface area contributed by atoms with Gasteiger partial charge in [0.15, 0.2) is 0 Å². The van der Waals surface area contributed by atoms with Gasteiger partial charge in [0.05, 0.1) is 5.69 Å². The first-order valence-electron chi connectivity index (χ1n) is 7.36. The first-order valence-corrected chi connectivity index (χ1v) is 7.36. The smallest absolute Gasteiger partial charge is 0.0668 e. The summed E-state index contributed by atoms with van der Waals surface area (Å²) in [6.45, 7) is 8.79. The molecule has 0 fully saturated rings. The predicted octanol–water partition coefficient (Wildman–Crippen LogP) is 5.22. The first kappa shape index (κ1) is 13.1. The molecule has 102 valence electrons. The van der Waals surface area contributed by atoms with Crippen LogP contribution in [0.2, 0.25) is 0 Å². The van der Waals surface area contributed by atoms with Crippen LogP contribution in [-0.2, 0) is 0 Å². The summed E-state index contributed by atoms with van der Waals surface area (Å²) >= 11 is 0. The molecule has 1 aliphatic rings. The lowest BCUT2D eigenvalue weighted by atomic mass is 9.84. The van der Waals surface area contributed by atoms with Crippen LogP contribution in [0.1, 0.15) is 52.6 Å². The summed E-state index contributed by atoms with van der Waals surface area (Å²) in [6.07, 6.45) is 3.14. The van der Waals surface area contributed by atoms with Crippen molar-refractivity contribution in [3.8, 4) is 0 Å². The number of rotatable bonds is 1. The Morgan fingerprint density at radius 1 is 0.950 bits per heavy atom. The Morgan fingerprint density at radius 2 is 1.70 bits per heavy atom. The lowest BCUT2D eigenvalue weighted by molar-refractivity contribution is 0.777. The Balaban J connectivity index is 2.27. The summed E-state index contributed by atoms with van der Waals surface area (Å²) in [5, 5.41) is 0. The fourth-order valence-electron chi connectivity index (χ4n) is 3.09. The van der Waals surface area contributed by atoms with Crippen molar-refractivity contribution in [1.29, 1.82) is 0 Å². The van der Waals surface area contributed by atoms with Gasteiger partial charge in [-0.05, 0) is 67.1 Å². The maximum Gasteiger partial charge on any atom is 0.0668 e. The van der Waals surface area contributed by atoms with Crippen molar-refractivity contribution in [2.24, 2.45) is 4.99 Å². The standard InChI is InChI=1S/C19H21N/c1-5-16-17-10-14(4)13(3)9-15(17)11-20-19-7-6-12(2)8-18(16)19/h6-11,16H,5H2,1-4H3. The second-order valence-electron chi connectivity index (χ2n) is 5.85. The van der Waals surface area contributed by atoms with E-state index in [2.05, 4.69) is 58.0 Å². The van der Waals surface area contributed by atoms with E-state index in [-0.39, 0.29) is 0 Å². The van der Waals surface area contributed by atoms with E-state index in [0.29, 0.717) is 5.92 Å². The summed E-state index contributed by atoms with van der Waals surface area (Å²) in [7, 11) is 0. The third-order valence-electron chi connectivity index (χ3n) is 4.38. The Kier molecular flexibility index (Phi) is 3.21.